The molecule has 18 heavy (non-hydrogen) atoms. The summed E-state index contributed by atoms with van der Waals surface area (Å²) in [5.41, 5.74) is -1.68. The van der Waals surface area contributed by atoms with Crippen molar-refractivity contribution in [3.05, 3.63) is 39.7 Å². The first-order chi connectivity index (χ1) is 8.30. The van der Waals surface area contributed by atoms with Crippen molar-refractivity contribution in [1.29, 1.82) is 0 Å². The molecule has 2 aromatic heterocycles. The summed E-state index contributed by atoms with van der Waals surface area (Å²) >= 11 is 0. The average molecular weight is 258 g/mol. The molecule has 0 aliphatic carbocycles. The Kier molecular flexibility index (Phi) is 2.72. The molecule has 0 bridgehead atoms. The molecule has 0 aliphatic rings. The summed E-state index contributed by atoms with van der Waals surface area (Å²) in [6.07, 6.45) is -3.42. The molecule has 2 heterocycles. The van der Waals surface area contributed by atoms with Crippen LogP contribution in [0.4, 0.5) is 13.2 Å². The van der Waals surface area contributed by atoms with Crippen LogP contribution in [-0.4, -0.2) is 19.7 Å². The maximum Gasteiger partial charge on any atom is 0.433 e. The number of aromatic amines is 1. The van der Waals surface area contributed by atoms with Gasteiger partial charge in [-0.2, -0.15) is 13.2 Å². The molecular weight excluding hydrogens is 249 g/mol. The van der Waals surface area contributed by atoms with Crippen LogP contribution in [0.25, 0.3) is 5.82 Å². The molecule has 0 unspecified atom stereocenters. The SMILES string of the molecule is Cc1cc(-n2[nH]c(C(F)(F)F)c(C)c2=O)ncn1. The molecule has 96 valence electrons. The Bertz CT molecular complexity index is 641. The third kappa shape index (κ3) is 2.01. The molecule has 0 saturated carbocycles. The van der Waals surface area contributed by atoms with E-state index in [0.29, 0.717) is 5.69 Å². The highest BCUT2D eigenvalue weighted by Crippen LogP contribution is 2.29. The van der Waals surface area contributed by atoms with Gasteiger partial charge in [-0.25, -0.2) is 14.6 Å². The zero-order chi connectivity index (χ0) is 13.5. The quantitative estimate of drug-likeness (QED) is 0.844. The lowest BCUT2D eigenvalue weighted by atomic mass is 10.3. The molecule has 0 fully saturated rings. The predicted molar refractivity (Wildman–Crippen MR) is 56.5 cm³/mol. The van der Waals surface area contributed by atoms with Crippen molar-refractivity contribution in [3.8, 4) is 5.82 Å². The van der Waals surface area contributed by atoms with Gasteiger partial charge in [0.2, 0.25) is 0 Å². The number of nitrogens with one attached hydrogen (secondary N) is 1. The van der Waals surface area contributed by atoms with Crippen molar-refractivity contribution in [2.45, 2.75) is 20.0 Å². The van der Waals surface area contributed by atoms with Crippen LogP contribution in [0.1, 0.15) is 17.0 Å². The molecule has 0 amide bonds. The van der Waals surface area contributed by atoms with E-state index in [4.69, 9.17) is 0 Å². The van der Waals surface area contributed by atoms with Crippen molar-refractivity contribution in [1.82, 2.24) is 19.7 Å². The van der Waals surface area contributed by atoms with Gasteiger partial charge in [-0.3, -0.25) is 9.89 Å². The van der Waals surface area contributed by atoms with Gasteiger partial charge < -0.3 is 0 Å². The molecule has 2 aromatic rings. The number of hydrogen-bond donors (Lipinski definition) is 1. The van der Waals surface area contributed by atoms with E-state index in [1.54, 1.807) is 6.92 Å². The minimum absolute atomic E-state index is 0.0751. The topological polar surface area (TPSA) is 63.6 Å². The van der Waals surface area contributed by atoms with Crippen molar-refractivity contribution < 1.29 is 13.2 Å². The van der Waals surface area contributed by atoms with Crippen LogP contribution < -0.4 is 5.56 Å². The van der Waals surface area contributed by atoms with E-state index < -0.39 is 23.0 Å². The van der Waals surface area contributed by atoms with E-state index >= 15 is 0 Å². The number of halogens is 3. The summed E-state index contributed by atoms with van der Waals surface area (Å²) < 4.78 is 38.6. The summed E-state index contributed by atoms with van der Waals surface area (Å²) in [5.74, 6) is 0.0751. The molecular formula is C10H9F3N4O. The smallest absolute Gasteiger partial charge is 0.285 e. The monoisotopic (exact) mass is 258 g/mol. The van der Waals surface area contributed by atoms with Crippen molar-refractivity contribution in [3.63, 3.8) is 0 Å². The Hall–Kier alpha value is -2.12. The Morgan fingerprint density at radius 1 is 1.28 bits per heavy atom. The second kappa shape index (κ2) is 3.97. The first kappa shape index (κ1) is 12.3. The summed E-state index contributed by atoms with van der Waals surface area (Å²) in [6, 6.07) is 1.41. The van der Waals surface area contributed by atoms with Gasteiger partial charge in [0, 0.05) is 17.3 Å². The van der Waals surface area contributed by atoms with Gasteiger partial charge in [-0.05, 0) is 13.8 Å². The molecule has 1 N–H and O–H groups in total. The second-order valence-electron chi connectivity index (χ2n) is 3.77. The lowest BCUT2D eigenvalue weighted by molar-refractivity contribution is -0.141. The molecule has 0 aromatic carbocycles. The Balaban J connectivity index is 2.64. The van der Waals surface area contributed by atoms with Crippen LogP contribution in [0.2, 0.25) is 0 Å². The van der Waals surface area contributed by atoms with E-state index in [1.165, 1.54) is 12.4 Å². The zero-order valence-electron chi connectivity index (χ0n) is 9.54. The largest absolute Gasteiger partial charge is 0.433 e. The molecule has 0 saturated heterocycles. The van der Waals surface area contributed by atoms with Gasteiger partial charge >= 0.3 is 6.18 Å². The number of H-pyrrole nitrogens is 1. The van der Waals surface area contributed by atoms with Gasteiger partial charge in [-0.1, -0.05) is 0 Å². The maximum absolute atomic E-state index is 12.6. The van der Waals surface area contributed by atoms with Gasteiger partial charge in [0.05, 0.1) is 0 Å². The van der Waals surface area contributed by atoms with Crippen molar-refractivity contribution >= 4 is 0 Å². The first-order valence-electron chi connectivity index (χ1n) is 4.98. The normalized spacial score (nSPS) is 11.8. The number of rotatable bonds is 1. The van der Waals surface area contributed by atoms with Crippen LogP contribution in [0.5, 0.6) is 0 Å². The highest BCUT2D eigenvalue weighted by molar-refractivity contribution is 5.27. The maximum atomic E-state index is 12.6. The Labute approximate surface area is 99.3 Å². The van der Waals surface area contributed by atoms with Gasteiger partial charge in [-0.15, -0.1) is 0 Å². The lowest BCUT2D eigenvalue weighted by Crippen LogP contribution is -2.17. The van der Waals surface area contributed by atoms with E-state index in [-0.39, 0.29) is 5.82 Å². The number of alkyl halides is 3. The molecule has 0 radical (unpaired) electrons. The third-order valence-electron chi connectivity index (χ3n) is 2.42. The van der Waals surface area contributed by atoms with Gasteiger partial charge in [0.25, 0.3) is 5.56 Å². The molecule has 0 atom stereocenters. The molecule has 0 spiro atoms. The first-order valence-corrected chi connectivity index (χ1v) is 4.98. The highest BCUT2D eigenvalue weighted by atomic mass is 19.4. The predicted octanol–water partition coefficient (Wildman–Crippen LogP) is 1.59. The fraction of sp³-hybridized carbons (Fsp3) is 0.300. The van der Waals surface area contributed by atoms with Gasteiger partial charge in [0.1, 0.15) is 12.0 Å². The number of nitrogens with zero attached hydrogens (tertiary/aromatic N) is 3. The molecule has 8 heteroatoms. The molecule has 5 nitrogen and oxygen atoms in total. The molecule has 0 aliphatic heterocycles. The van der Waals surface area contributed by atoms with E-state index in [1.807, 2.05) is 5.10 Å². The van der Waals surface area contributed by atoms with E-state index in [2.05, 4.69) is 9.97 Å². The second-order valence-corrected chi connectivity index (χ2v) is 3.77. The zero-order valence-corrected chi connectivity index (χ0v) is 9.54. The standard InChI is InChI=1S/C10H9F3N4O/c1-5-3-7(15-4-14-5)17-9(18)6(2)8(16-17)10(11,12)13/h3-4,16H,1-2H3. The van der Waals surface area contributed by atoms with Crippen LogP contribution in [0.15, 0.2) is 17.2 Å². The van der Waals surface area contributed by atoms with Crippen molar-refractivity contribution in [2.24, 2.45) is 0 Å². The number of hydrogen-bond acceptors (Lipinski definition) is 3. The summed E-state index contributed by atoms with van der Waals surface area (Å²) in [5, 5.41) is 2.02. The van der Waals surface area contributed by atoms with Crippen molar-refractivity contribution in [2.75, 3.05) is 0 Å². The van der Waals surface area contributed by atoms with E-state index in [0.717, 1.165) is 11.6 Å². The number of aryl methyl sites for hydroxylation is 1. The number of aromatic nitrogens is 4. The highest BCUT2D eigenvalue weighted by Gasteiger charge is 2.36. The van der Waals surface area contributed by atoms with Crippen LogP contribution >= 0.6 is 0 Å². The van der Waals surface area contributed by atoms with Crippen LogP contribution in [0.3, 0.4) is 0 Å². The molecule has 2 rings (SSSR count). The average Bonchev–Trinajstić information content (AvgIpc) is 2.55. The fourth-order valence-electron chi connectivity index (χ4n) is 1.52. The minimum Gasteiger partial charge on any atom is -0.285 e. The Morgan fingerprint density at radius 2 is 1.94 bits per heavy atom. The minimum atomic E-state index is -4.60. The summed E-state index contributed by atoms with van der Waals surface area (Å²) in [7, 11) is 0. The van der Waals surface area contributed by atoms with Crippen LogP contribution in [0, 0.1) is 13.8 Å². The van der Waals surface area contributed by atoms with Gasteiger partial charge in [0.15, 0.2) is 5.82 Å². The summed E-state index contributed by atoms with van der Waals surface area (Å²) in [6.45, 7) is 2.77. The fourth-order valence-corrected chi connectivity index (χ4v) is 1.52. The third-order valence-corrected chi connectivity index (χ3v) is 2.42. The summed E-state index contributed by atoms with van der Waals surface area (Å²) in [4.78, 5) is 19.3. The van der Waals surface area contributed by atoms with Crippen LogP contribution in [-0.2, 0) is 6.18 Å². The lowest BCUT2D eigenvalue weighted by Gasteiger charge is -2.04. The Morgan fingerprint density at radius 3 is 2.44 bits per heavy atom. The van der Waals surface area contributed by atoms with E-state index in [9.17, 15) is 18.0 Å².